The summed E-state index contributed by atoms with van der Waals surface area (Å²) in [7, 11) is 0. The van der Waals surface area contributed by atoms with Crippen molar-refractivity contribution in [1.82, 2.24) is 4.90 Å². The molecule has 1 atom stereocenters. The van der Waals surface area contributed by atoms with Crippen molar-refractivity contribution in [3.63, 3.8) is 0 Å². The quantitative estimate of drug-likeness (QED) is 0.459. The van der Waals surface area contributed by atoms with Gasteiger partial charge in [-0.2, -0.15) is 0 Å². The predicted molar refractivity (Wildman–Crippen MR) is 132 cm³/mol. The summed E-state index contributed by atoms with van der Waals surface area (Å²) < 4.78 is 0. The minimum atomic E-state index is -0.619. The molecule has 2 fully saturated rings. The smallest absolute Gasteiger partial charge is 0.253 e. The van der Waals surface area contributed by atoms with Crippen LogP contribution in [-0.2, 0) is 4.79 Å². The second-order valence-corrected chi connectivity index (χ2v) is 8.84. The van der Waals surface area contributed by atoms with Gasteiger partial charge < -0.3 is 10.6 Å². The highest BCUT2D eigenvalue weighted by atomic mass is 35.5. The number of nitrogens with two attached hydrogens (primary N) is 1. The van der Waals surface area contributed by atoms with E-state index in [1.54, 1.807) is 36.6 Å². The van der Waals surface area contributed by atoms with Crippen LogP contribution in [0.2, 0.25) is 0 Å². The Morgan fingerprint density at radius 2 is 1.78 bits per heavy atom. The molecule has 0 spiro atoms. The molecule has 1 aliphatic heterocycles. The molecule has 1 heterocycles. The molecule has 0 aromatic heterocycles. The molecule has 2 aliphatic rings. The number of amides is 1. The van der Waals surface area contributed by atoms with E-state index in [9.17, 15) is 9.59 Å². The number of hydrogen-bond donors (Lipinski definition) is 1. The number of rotatable bonds is 7. The average molecular weight is 454 g/mol. The van der Waals surface area contributed by atoms with Crippen molar-refractivity contribution in [2.45, 2.75) is 50.5 Å². The molecular formula is C26H32ClN3O2. The Morgan fingerprint density at radius 1 is 1.06 bits per heavy atom. The molecule has 1 saturated heterocycles. The van der Waals surface area contributed by atoms with Gasteiger partial charge in [-0.05, 0) is 56.7 Å². The lowest BCUT2D eigenvalue weighted by Gasteiger charge is -2.40. The molecule has 1 saturated carbocycles. The van der Waals surface area contributed by atoms with Crippen molar-refractivity contribution in [3.8, 4) is 0 Å². The average Bonchev–Trinajstić information content (AvgIpc) is 2.77. The van der Waals surface area contributed by atoms with Crippen LogP contribution in [0.5, 0.6) is 0 Å². The summed E-state index contributed by atoms with van der Waals surface area (Å²) in [5.74, 6) is 0.151. The highest BCUT2D eigenvalue weighted by Crippen LogP contribution is 2.35. The summed E-state index contributed by atoms with van der Waals surface area (Å²) in [5, 5.41) is 0. The number of carbonyl (C=O) groups excluding carboxylic acids is 2. The maximum atomic E-state index is 13.1. The SMILES string of the molecule is C=C\C=C/C=N\C(=C\Cl)c1ccc(C(=O)N2CCCCC(C(=O)C3(N)CCC3)CC2)cc1. The van der Waals surface area contributed by atoms with Gasteiger partial charge in [-0.1, -0.05) is 48.9 Å². The molecule has 3 rings (SSSR count). The van der Waals surface area contributed by atoms with Gasteiger partial charge in [0.2, 0.25) is 0 Å². The highest BCUT2D eigenvalue weighted by Gasteiger charge is 2.43. The molecule has 1 aromatic carbocycles. The van der Waals surface area contributed by atoms with Crippen molar-refractivity contribution >= 4 is 35.2 Å². The van der Waals surface area contributed by atoms with Crippen LogP contribution in [0.4, 0.5) is 0 Å². The van der Waals surface area contributed by atoms with Gasteiger partial charge in [-0.25, -0.2) is 0 Å². The summed E-state index contributed by atoms with van der Waals surface area (Å²) >= 11 is 5.93. The zero-order chi connectivity index (χ0) is 23.0. The third-order valence-electron chi connectivity index (χ3n) is 6.45. The first kappa shape index (κ1) is 24.1. The lowest BCUT2D eigenvalue weighted by Crippen LogP contribution is -2.56. The predicted octanol–water partition coefficient (Wildman–Crippen LogP) is 5.12. The molecule has 6 heteroatoms. The molecule has 2 N–H and O–H groups in total. The second-order valence-electron chi connectivity index (χ2n) is 8.62. The summed E-state index contributed by atoms with van der Waals surface area (Å²) in [6, 6.07) is 7.30. The fourth-order valence-corrected chi connectivity index (χ4v) is 4.50. The molecule has 1 aromatic rings. The van der Waals surface area contributed by atoms with Crippen molar-refractivity contribution in [1.29, 1.82) is 0 Å². The Labute approximate surface area is 195 Å². The van der Waals surface area contributed by atoms with Gasteiger partial charge in [0, 0.05) is 41.9 Å². The first-order valence-electron chi connectivity index (χ1n) is 11.3. The lowest BCUT2D eigenvalue weighted by atomic mass is 9.69. The topological polar surface area (TPSA) is 75.8 Å². The van der Waals surface area contributed by atoms with Crippen LogP contribution in [0, 0.1) is 5.92 Å². The standard InChI is InChI=1S/C26H32ClN3O2/c1-2-3-5-16-29-23(19-27)20-9-11-22(12-10-20)25(32)30-17-6-4-8-21(13-18-30)24(31)26(28)14-7-15-26/h2-3,5,9-12,16,19,21H,1,4,6-8,13-15,17-18,28H2/b5-3-,23-19+,29-16-. The monoisotopic (exact) mass is 453 g/mol. The zero-order valence-electron chi connectivity index (χ0n) is 18.5. The van der Waals surface area contributed by atoms with Crippen molar-refractivity contribution in [2.75, 3.05) is 13.1 Å². The number of allylic oxidation sites excluding steroid dienone is 3. The van der Waals surface area contributed by atoms with Crippen LogP contribution in [0.3, 0.4) is 0 Å². The van der Waals surface area contributed by atoms with E-state index in [1.807, 2.05) is 17.0 Å². The molecule has 0 radical (unpaired) electrons. The van der Waals surface area contributed by atoms with Crippen LogP contribution in [0.1, 0.15) is 60.9 Å². The van der Waals surface area contributed by atoms with E-state index in [-0.39, 0.29) is 17.6 Å². The minimum absolute atomic E-state index is 0.00965. The maximum absolute atomic E-state index is 13.1. The van der Waals surface area contributed by atoms with Gasteiger partial charge in [0.1, 0.15) is 0 Å². The third-order valence-corrected chi connectivity index (χ3v) is 6.66. The van der Waals surface area contributed by atoms with E-state index in [1.165, 1.54) is 5.54 Å². The largest absolute Gasteiger partial charge is 0.339 e. The van der Waals surface area contributed by atoms with E-state index in [0.29, 0.717) is 30.8 Å². The maximum Gasteiger partial charge on any atom is 0.253 e. The van der Waals surface area contributed by atoms with Gasteiger partial charge in [0.25, 0.3) is 5.91 Å². The summed E-state index contributed by atoms with van der Waals surface area (Å²) in [6.07, 6.45) is 12.9. The van der Waals surface area contributed by atoms with Crippen LogP contribution >= 0.6 is 11.6 Å². The van der Waals surface area contributed by atoms with Crippen molar-refractivity contribution in [3.05, 3.63) is 65.7 Å². The van der Waals surface area contributed by atoms with Crippen LogP contribution in [0.15, 0.2) is 59.6 Å². The number of hydrogen-bond acceptors (Lipinski definition) is 4. The Morgan fingerprint density at radius 3 is 2.41 bits per heavy atom. The van der Waals surface area contributed by atoms with Crippen LogP contribution < -0.4 is 5.73 Å². The van der Waals surface area contributed by atoms with Gasteiger partial charge >= 0.3 is 0 Å². The first-order valence-corrected chi connectivity index (χ1v) is 11.8. The highest BCUT2D eigenvalue weighted by molar-refractivity contribution is 6.28. The molecule has 170 valence electrons. The van der Waals surface area contributed by atoms with Gasteiger partial charge in [0.15, 0.2) is 5.78 Å². The van der Waals surface area contributed by atoms with Crippen molar-refractivity contribution < 1.29 is 9.59 Å². The van der Waals surface area contributed by atoms with E-state index < -0.39 is 5.54 Å². The lowest BCUT2D eigenvalue weighted by molar-refractivity contribution is -0.131. The summed E-state index contributed by atoms with van der Waals surface area (Å²) in [5.41, 5.74) is 9.14. The molecule has 1 aliphatic carbocycles. The van der Waals surface area contributed by atoms with E-state index in [0.717, 1.165) is 44.1 Å². The molecule has 32 heavy (non-hydrogen) atoms. The Bertz CT molecular complexity index is 914. The first-order chi connectivity index (χ1) is 15.5. The number of nitrogens with zero attached hydrogens (tertiary/aromatic N) is 2. The Kier molecular flexibility index (Phi) is 8.60. The molecule has 1 amide bonds. The Hall–Kier alpha value is -2.50. The number of ketones is 1. The summed E-state index contributed by atoms with van der Waals surface area (Å²) in [6.45, 7) is 4.91. The molecular weight excluding hydrogens is 422 g/mol. The van der Waals surface area contributed by atoms with Crippen LogP contribution in [0.25, 0.3) is 5.70 Å². The molecule has 0 bridgehead atoms. The second kappa shape index (κ2) is 11.4. The zero-order valence-corrected chi connectivity index (χ0v) is 19.3. The fraction of sp³-hybridized carbons (Fsp3) is 0.423. The summed E-state index contributed by atoms with van der Waals surface area (Å²) in [4.78, 5) is 32.2. The van der Waals surface area contributed by atoms with Gasteiger partial charge in [-0.3, -0.25) is 14.6 Å². The Balaban J connectivity index is 1.64. The fourth-order valence-electron chi connectivity index (χ4n) is 4.32. The third kappa shape index (κ3) is 5.84. The minimum Gasteiger partial charge on any atom is -0.339 e. The normalized spacial score (nSPS) is 21.8. The number of aliphatic imine (C=N–C) groups is 1. The van der Waals surface area contributed by atoms with E-state index >= 15 is 0 Å². The number of benzene rings is 1. The number of likely N-dealkylation sites (tertiary alicyclic amines) is 1. The number of Topliss-reactive ketones (excluding diaryl/α,β-unsaturated/α-hetero) is 1. The molecule has 1 unspecified atom stereocenters. The van der Waals surface area contributed by atoms with E-state index in [4.69, 9.17) is 17.3 Å². The number of carbonyl (C=O) groups is 2. The molecule has 5 nitrogen and oxygen atoms in total. The van der Waals surface area contributed by atoms with Crippen molar-refractivity contribution in [2.24, 2.45) is 16.6 Å². The van der Waals surface area contributed by atoms with Gasteiger partial charge in [-0.15, -0.1) is 0 Å². The number of halogens is 1. The van der Waals surface area contributed by atoms with E-state index in [2.05, 4.69) is 11.6 Å². The van der Waals surface area contributed by atoms with Crippen LogP contribution in [-0.4, -0.2) is 41.4 Å². The van der Waals surface area contributed by atoms with Gasteiger partial charge in [0.05, 0.1) is 11.2 Å².